The molecule has 2 rings (SSSR count). The maximum absolute atomic E-state index is 9.41. The van der Waals surface area contributed by atoms with E-state index in [1.54, 1.807) is 6.07 Å². The van der Waals surface area contributed by atoms with Gasteiger partial charge in [-0.25, -0.2) is 0 Å². The molecule has 0 unspecified atom stereocenters. The number of phenols is 1. The smallest absolute Gasteiger partial charge is 0.138 e. The van der Waals surface area contributed by atoms with Crippen LogP contribution < -0.4 is 5.73 Å². The van der Waals surface area contributed by atoms with Crippen LogP contribution in [0.2, 0.25) is 0 Å². The highest BCUT2D eigenvalue weighted by Crippen LogP contribution is 2.21. The zero-order chi connectivity index (χ0) is 13.8. The maximum Gasteiger partial charge on any atom is 0.138 e. The third-order valence-corrected chi connectivity index (χ3v) is 3.25. The first-order valence-electron chi connectivity index (χ1n) is 6.36. The van der Waals surface area contributed by atoms with Gasteiger partial charge in [0.2, 0.25) is 0 Å². The largest absolute Gasteiger partial charge is 0.506 e. The van der Waals surface area contributed by atoms with Crippen LogP contribution in [0.1, 0.15) is 16.7 Å². The normalized spacial score (nSPS) is 10.9. The summed E-state index contributed by atoms with van der Waals surface area (Å²) in [6.07, 6.45) is 0. The predicted molar refractivity (Wildman–Crippen MR) is 78.9 cm³/mol. The van der Waals surface area contributed by atoms with E-state index in [-0.39, 0.29) is 5.75 Å². The van der Waals surface area contributed by atoms with Crippen LogP contribution >= 0.6 is 0 Å². The highest BCUT2D eigenvalue weighted by atomic mass is 16.3. The minimum atomic E-state index is 0.144. The Hall–Kier alpha value is -2.00. The first-order chi connectivity index (χ1) is 9.06. The van der Waals surface area contributed by atoms with Crippen molar-refractivity contribution in [3.63, 3.8) is 0 Å². The first kappa shape index (κ1) is 13.4. The Morgan fingerprint density at radius 2 is 1.84 bits per heavy atom. The van der Waals surface area contributed by atoms with E-state index in [1.165, 1.54) is 11.1 Å². The number of anilines is 1. The summed E-state index contributed by atoms with van der Waals surface area (Å²) in [5.74, 6) is 0.144. The summed E-state index contributed by atoms with van der Waals surface area (Å²) in [7, 11) is 2.08. The Kier molecular flexibility index (Phi) is 4.07. The van der Waals surface area contributed by atoms with Gasteiger partial charge < -0.3 is 10.8 Å². The van der Waals surface area contributed by atoms with Crippen molar-refractivity contribution in [3.05, 3.63) is 59.2 Å². The summed E-state index contributed by atoms with van der Waals surface area (Å²) in [5, 5.41) is 9.41. The minimum Gasteiger partial charge on any atom is -0.506 e. The molecule has 0 heterocycles. The summed E-state index contributed by atoms with van der Waals surface area (Å²) < 4.78 is 0. The summed E-state index contributed by atoms with van der Waals surface area (Å²) in [6, 6.07) is 13.8. The van der Waals surface area contributed by atoms with Crippen molar-refractivity contribution in [2.24, 2.45) is 0 Å². The Bertz CT molecular complexity index is 566. The van der Waals surface area contributed by atoms with Gasteiger partial charge in [-0.3, -0.25) is 4.90 Å². The molecule has 0 saturated carbocycles. The molecule has 0 spiro atoms. The molecule has 0 aromatic heterocycles. The SMILES string of the molecule is Cc1ccccc1CN(C)Cc1ccc(O)c(N)c1. The second kappa shape index (κ2) is 5.76. The molecule has 0 radical (unpaired) electrons. The van der Waals surface area contributed by atoms with Gasteiger partial charge in [-0.15, -0.1) is 0 Å². The van der Waals surface area contributed by atoms with Gasteiger partial charge in [-0.05, 0) is 42.8 Å². The number of benzene rings is 2. The van der Waals surface area contributed by atoms with E-state index in [0.29, 0.717) is 5.69 Å². The minimum absolute atomic E-state index is 0.144. The van der Waals surface area contributed by atoms with E-state index < -0.39 is 0 Å². The number of phenolic OH excluding ortho intramolecular Hbond substituents is 1. The highest BCUT2D eigenvalue weighted by molar-refractivity contribution is 5.53. The lowest BCUT2D eigenvalue weighted by atomic mass is 10.1. The van der Waals surface area contributed by atoms with Gasteiger partial charge in [-0.2, -0.15) is 0 Å². The van der Waals surface area contributed by atoms with Gasteiger partial charge in [0.1, 0.15) is 5.75 Å². The average Bonchev–Trinajstić information content (AvgIpc) is 2.37. The van der Waals surface area contributed by atoms with Crippen molar-refractivity contribution in [1.82, 2.24) is 4.90 Å². The number of nitrogens with two attached hydrogens (primary N) is 1. The van der Waals surface area contributed by atoms with E-state index in [4.69, 9.17) is 5.73 Å². The molecule has 100 valence electrons. The van der Waals surface area contributed by atoms with Crippen molar-refractivity contribution < 1.29 is 5.11 Å². The molecule has 0 amide bonds. The zero-order valence-corrected chi connectivity index (χ0v) is 11.4. The first-order valence-corrected chi connectivity index (χ1v) is 6.36. The van der Waals surface area contributed by atoms with Crippen LogP contribution in [0.25, 0.3) is 0 Å². The van der Waals surface area contributed by atoms with E-state index in [2.05, 4.69) is 43.1 Å². The lowest BCUT2D eigenvalue weighted by Gasteiger charge is -2.18. The second-order valence-electron chi connectivity index (χ2n) is 4.99. The fourth-order valence-corrected chi connectivity index (χ4v) is 2.15. The fraction of sp³-hybridized carbons (Fsp3) is 0.250. The van der Waals surface area contributed by atoms with Crippen LogP contribution in [0.15, 0.2) is 42.5 Å². The molecule has 0 aliphatic carbocycles. The fourth-order valence-electron chi connectivity index (χ4n) is 2.15. The summed E-state index contributed by atoms with van der Waals surface area (Å²) >= 11 is 0. The maximum atomic E-state index is 9.41. The van der Waals surface area contributed by atoms with E-state index in [0.717, 1.165) is 18.7 Å². The van der Waals surface area contributed by atoms with Gasteiger partial charge in [0.15, 0.2) is 0 Å². The number of rotatable bonds is 4. The van der Waals surface area contributed by atoms with Gasteiger partial charge >= 0.3 is 0 Å². The molecule has 3 heteroatoms. The van der Waals surface area contributed by atoms with Gasteiger partial charge in [-0.1, -0.05) is 30.3 Å². The number of hydrogen-bond acceptors (Lipinski definition) is 3. The third-order valence-electron chi connectivity index (χ3n) is 3.25. The Balaban J connectivity index is 2.03. The van der Waals surface area contributed by atoms with E-state index in [1.807, 2.05) is 12.1 Å². The lowest BCUT2D eigenvalue weighted by Crippen LogP contribution is -2.17. The third kappa shape index (κ3) is 3.48. The number of aromatic hydroxyl groups is 1. The van der Waals surface area contributed by atoms with Crippen molar-refractivity contribution in [2.75, 3.05) is 12.8 Å². The average molecular weight is 256 g/mol. The van der Waals surface area contributed by atoms with E-state index in [9.17, 15) is 5.11 Å². The van der Waals surface area contributed by atoms with Crippen LogP contribution in [0.5, 0.6) is 5.75 Å². The molecule has 0 saturated heterocycles. The molecule has 0 fully saturated rings. The lowest BCUT2D eigenvalue weighted by molar-refractivity contribution is 0.318. The Labute approximate surface area is 114 Å². The van der Waals surface area contributed by atoms with Crippen molar-refractivity contribution in [3.8, 4) is 5.75 Å². The number of aryl methyl sites for hydroxylation is 1. The van der Waals surface area contributed by atoms with Crippen molar-refractivity contribution in [1.29, 1.82) is 0 Å². The van der Waals surface area contributed by atoms with Crippen LogP contribution in [0, 0.1) is 6.92 Å². The number of hydrogen-bond donors (Lipinski definition) is 2. The van der Waals surface area contributed by atoms with Gasteiger partial charge in [0.05, 0.1) is 5.69 Å². The Morgan fingerprint density at radius 1 is 1.11 bits per heavy atom. The van der Waals surface area contributed by atoms with Crippen LogP contribution in [-0.4, -0.2) is 17.1 Å². The number of nitrogen functional groups attached to an aromatic ring is 1. The molecule has 0 aliphatic rings. The molecule has 3 nitrogen and oxygen atoms in total. The van der Waals surface area contributed by atoms with Gasteiger partial charge in [0.25, 0.3) is 0 Å². The molecule has 3 N–H and O–H groups in total. The molecule has 0 atom stereocenters. The molecule has 19 heavy (non-hydrogen) atoms. The van der Waals surface area contributed by atoms with Crippen molar-refractivity contribution >= 4 is 5.69 Å². The monoisotopic (exact) mass is 256 g/mol. The van der Waals surface area contributed by atoms with E-state index >= 15 is 0 Å². The molecular formula is C16H20N2O. The summed E-state index contributed by atoms with van der Waals surface area (Å²) in [4.78, 5) is 2.23. The zero-order valence-electron chi connectivity index (χ0n) is 11.4. The standard InChI is InChI=1S/C16H20N2O/c1-12-5-3-4-6-14(12)11-18(2)10-13-7-8-16(19)15(17)9-13/h3-9,19H,10-11,17H2,1-2H3. The molecule has 2 aromatic rings. The topological polar surface area (TPSA) is 49.5 Å². The van der Waals surface area contributed by atoms with Crippen LogP contribution in [0.3, 0.4) is 0 Å². The number of nitrogens with zero attached hydrogens (tertiary/aromatic N) is 1. The van der Waals surface area contributed by atoms with Gasteiger partial charge in [0, 0.05) is 13.1 Å². The Morgan fingerprint density at radius 3 is 2.53 bits per heavy atom. The molecule has 2 aromatic carbocycles. The highest BCUT2D eigenvalue weighted by Gasteiger charge is 2.05. The molecular weight excluding hydrogens is 236 g/mol. The quantitative estimate of drug-likeness (QED) is 0.653. The summed E-state index contributed by atoms with van der Waals surface area (Å²) in [6.45, 7) is 3.83. The van der Waals surface area contributed by atoms with Crippen LogP contribution in [0.4, 0.5) is 5.69 Å². The molecule has 0 aliphatic heterocycles. The second-order valence-corrected chi connectivity index (χ2v) is 4.99. The molecule has 0 bridgehead atoms. The summed E-state index contributed by atoms with van der Waals surface area (Å²) in [5.41, 5.74) is 9.88. The van der Waals surface area contributed by atoms with Crippen LogP contribution in [-0.2, 0) is 13.1 Å². The predicted octanol–water partition coefficient (Wildman–Crippen LogP) is 2.91. The van der Waals surface area contributed by atoms with Crippen molar-refractivity contribution in [2.45, 2.75) is 20.0 Å².